The number of aliphatic hydroxyl groups excluding tert-OH is 1. The Kier molecular flexibility index (Phi) is 19.0. The van der Waals surface area contributed by atoms with E-state index in [1.54, 1.807) is 12.1 Å². The lowest BCUT2D eigenvalue weighted by Crippen LogP contribution is -2.36. The van der Waals surface area contributed by atoms with Crippen molar-refractivity contribution < 1.29 is 38.7 Å². The number of carboxylic acid groups (broad SMARTS) is 1. The van der Waals surface area contributed by atoms with Crippen molar-refractivity contribution in [3.05, 3.63) is 101 Å². The summed E-state index contributed by atoms with van der Waals surface area (Å²) in [5.41, 5.74) is 8.84. The number of carboxylic acids is 1. The minimum absolute atomic E-state index is 0.0136. The average molecular weight is 749 g/mol. The van der Waals surface area contributed by atoms with Crippen LogP contribution in [-0.4, -0.2) is 134 Å². The summed E-state index contributed by atoms with van der Waals surface area (Å²) < 4.78 is 23.9. The summed E-state index contributed by atoms with van der Waals surface area (Å²) >= 11 is 0. The average Bonchev–Trinajstić information content (AvgIpc) is 3.17. The van der Waals surface area contributed by atoms with Crippen LogP contribution >= 0.6 is 0 Å². The van der Waals surface area contributed by atoms with Crippen molar-refractivity contribution in [2.45, 2.75) is 38.3 Å². The van der Waals surface area contributed by atoms with Gasteiger partial charge in [0.25, 0.3) is 5.91 Å². The van der Waals surface area contributed by atoms with Gasteiger partial charge in [0, 0.05) is 44.8 Å². The number of rotatable bonds is 14. The van der Waals surface area contributed by atoms with E-state index in [4.69, 9.17) is 29.7 Å². The summed E-state index contributed by atoms with van der Waals surface area (Å²) in [4.78, 5) is 37.7. The summed E-state index contributed by atoms with van der Waals surface area (Å²) in [6.07, 6.45) is 3.99. The van der Waals surface area contributed by atoms with Crippen LogP contribution in [0.1, 0.15) is 75.2 Å². The summed E-state index contributed by atoms with van der Waals surface area (Å²) in [7, 11) is 0. The fraction of sp³-hybridized carbons (Fsp3) is 0.500. The molecule has 3 aromatic rings. The van der Waals surface area contributed by atoms with Crippen LogP contribution in [0.4, 0.5) is 0 Å². The molecule has 0 bridgehead atoms. The van der Waals surface area contributed by atoms with Crippen molar-refractivity contribution in [1.29, 1.82) is 0 Å². The maximum absolute atomic E-state index is 12.9. The second kappa shape index (κ2) is 24.2. The van der Waals surface area contributed by atoms with Gasteiger partial charge in [0.15, 0.2) is 0 Å². The van der Waals surface area contributed by atoms with E-state index < -0.39 is 5.97 Å². The predicted molar refractivity (Wildman–Crippen MR) is 205 cm³/mol. The van der Waals surface area contributed by atoms with Crippen molar-refractivity contribution in [2.24, 2.45) is 5.73 Å². The molecule has 1 aromatic carbocycles. The van der Waals surface area contributed by atoms with Gasteiger partial charge in [-0.1, -0.05) is 43.7 Å². The highest BCUT2D eigenvalue weighted by atomic mass is 16.5. The number of nitrogens with two attached hydrogens (primary N) is 1. The highest BCUT2D eigenvalue weighted by Crippen LogP contribution is 2.29. The molecular weight excluding hydrogens is 692 g/mol. The molecule has 3 heterocycles. The molecule has 4 rings (SSSR count). The molecule has 54 heavy (non-hydrogen) atoms. The maximum Gasteiger partial charge on any atom is 0.354 e. The Balaban J connectivity index is 1.41. The lowest BCUT2D eigenvalue weighted by molar-refractivity contribution is 0.00332. The van der Waals surface area contributed by atoms with Gasteiger partial charge in [0.2, 0.25) is 0 Å². The first-order chi connectivity index (χ1) is 26.4. The number of aliphatic hydroxyl groups is 1. The van der Waals surface area contributed by atoms with E-state index in [9.17, 15) is 19.8 Å². The fourth-order valence-electron chi connectivity index (χ4n) is 6.03. The molecule has 1 saturated heterocycles. The quantitative estimate of drug-likeness (QED) is 0.138. The molecule has 0 aliphatic carbocycles. The Morgan fingerprint density at radius 1 is 0.741 bits per heavy atom. The van der Waals surface area contributed by atoms with Crippen LogP contribution in [-0.2, 0) is 25.5 Å². The van der Waals surface area contributed by atoms with Crippen LogP contribution in [0, 0.1) is 0 Å². The number of unbranched alkanes of at least 4 members (excludes halogenated alkanes) is 3. The minimum atomic E-state index is -1.06. The first kappa shape index (κ1) is 42.5. The molecule has 14 heteroatoms. The molecule has 0 radical (unpaired) electrons. The van der Waals surface area contributed by atoms with Gasteiger partial charge in [0.1, 0.15) is 17.1 Å². The molecule has 1 fully saturated rings. The van der Waals surface area contributed by atoms with Crippen molar-refractivity contribution in [3.8, 4) is 0 Å². The highest BCUT2D eigenvalue weighted by molar-refractivity contribution is 5.94. The van der Waals surface area contributed by atoms with Gasteiger partial charge in [-0.15, -0.1) is 0 Å². The normalized spacial score (nSPS) is 16.8. The number of aromatic nitrogens is 2. The number of nitrogens with one attached hydrogen (secondary N) is 1. The molecular formula is C40H56N6O8. The molecule has 1 aliphatic heterocycles. The van der Waals surface area contributed by atoms with E-state index in [0.29, 0.717) is 121 Å². The van der Waals surface area contributed by atoms with Crippen LogP contribution in [0.25, 0.3) is 5.76 Å². The molecule has 2 aromatic heterocycles. The Morgan fingerprint density at radius 3 is 1.94 bits per heavy atom. The zero-order valence-corrected chi connectivity index (χ0v) is 31.2. The third-order valence-corrected chi connectivity index (χ3v) is 8.92. The van der Waals surface area contributed by atoms with Crippen molar-refractivity contribution in [2.75, 3.05) is 92.1 Å². The third kappa shape index (κ3) is 14.9. The van der Waals surface area contributed by atoms with Gasteiger partial charge in [-0.2, -0.15) is 0 Å². The van der Waals surface area contributed by atoms with Crippen LogP contribution in [0.2, 0.25) is 0 Å². The second-order valence-electron chi connectivity index (χ2n) is 13.0. The SMILES string of the molecule is C=C(O)c1cccc(C(c2ccc(C(=O)NCCCCCCN)cc2)N2CCOCCOCCN(Cc3cccc(C(=O)O)n3)CCOCCOCC2)n1. The van der Waals surface area contributed by atoms with Gasteiger partial charge in [-0.25, -0.2) is 14.8 Å². The monoisotopic (exact) mass is 748 g/mol. The number of amides is 1. The molecule has 14 nitrogen and oxygen atoms in total. The van der Waals surface area contributed by atoms with Crippen LogP contribution in [0.5, 0.6) is 0 Å². The lowest BCUT2D eigenvalue weighted by atomic mass is 9.99. The number of pyridine rings is 2. The predicted octanol–water partition coefficient (Wildman–Crippen LogP) is 3.93. The Bertz CT molecular complexity index is 1560. The molecule has 1 amide bonds. The Morgan fingerprint density at radius 2 is 1.33 bits per heavy atom. The Labute approximate surface area is 318 Å². The minimum Gasteiger partial charge on any atom is -0.506 e. The van der Waals surface area contributed by atoms with Crippen molar-refractivity contribution in [1.82, 2.24) is 25.1 Å². The number of aromatic carboxylic acids is 1. The number of carbonyl (C=O) groups is 2. The summed E-state index contributed by atoms with van der Waals surface area (Å²) in [5.74, 6) is -1.30. The van der Waals surface area contributed by atoms with Gasteiger partial charge in [0.05, 0.1) is 70.3 Å². The second-order valence-corrected chi connectivity index (χ2v) is 13.0. The number of hydrogen-bond donors (Lipinski definition) is 4. The van der Waals surface area contributed by atoms with E-state index in [2.05, 4.69) is 26.7 Å². The van der Waals surface area contributed by atoms with E-state index in [1.165, 1.54) is 6.07 Å². The summed E-state index contributed by atoms with van der Waals surface area (Å²) in [5, 5.41) is 22.5. The summed E-state index contributed by atoms with van der Waals surface area (Å²) in [6.45, 7) is 11.1. The van der Waals surface area contributed by atoms with Gasteiger partial charge in [-0.05, 0) is 61.3 Å². The zero-order valence-electron chi connectivity index (χ0n) is 31.2. The number of hydrogen-bond acceptors (Lipinski definition) is 12. The van der Waals surface area contributed by atoms with Crippen molar-refractivity contribution >= 4 is 17.6 Å². The smallest absolute Gasteiger partial charge is 0.354 e. The van der Waals surface area contributed by atoms with Crippen LogP contribution in [0.15, 0.2) is 67.2 Å². The topological polar surface area (TPSA) is 182 Å². The fourth-order valence-corrected chi connectivity index (χ4v) is 6.03. The first-order valence-electron chi connectivity index (χ1n) is 18.8. The number of carbonyl (C=O) groups excluding carboxylic acids is 1. The largest absolute Gasteiger partial charge is 0.506 e. The maximum atomic E-state index is 12.9. The molecule has 0 spiro atoms. The van der Waals surface area contributed by atoms with Gasteiger partial charge >= 0.3 is 5.97 Å². The number of nitrogens with zero attached hydrogens (tertiary/aromatic N) is 4. The van der Waals surface area contributed by atoms with E-state index in [-0.39, 0.29) is 23.4 Å². The first-order valence-corrected chi connectivity index (χ1v) is 18.8. The molecule has 294 valence electrons. The van der Waals surface area contributed by atoms with Gasteiger partial charge < -0.3 is 40.2 Å². The molecule has 1 aliphatic rings. The zero-order chi connectivity index (χ0) is 38.4. The summed E-state index contributed by atoms with van der Waals surface area (Å²) in [6, 6.07) is 17.7. The number of ether oxygens (including phenoxy) is 4. The van der Waals surface area contributed by atoms with E-state index in [1.807, 2.05) is 42.5 Å². The molecule has 0 saturated carbocycles. The van der Waals surface area contributed by atoms with E-state index in [0.717, 1.165) is 31.2 Å². The Hall–Kier alpha value is -4.28. The highest BCUT2D eigenvalue weighted by Gasteiger charge is 2.25. The standard InChI is InChI=1S/C40H56N6O8/c1-31(47)35-9-7-10-36(44-35)38(32-12-14-33(15-13-32)39(48)42-17-5-3-2-4-16-41)46-20-24-53-28-26-51-22-18-45(19-23-52-27-29-54-25-21-46)30-34-8-6-11-37(43-34)40(49)50/h6-15,38,47H,1-5,16-30,41H2,(H,42,48)(H,49,50). The molecule has 1 atom stereocenters. The van der Waals surface area contributed by atoms with Gasteiger partial charge in [-0.3, -0.25) is 14.6 Å². The lowest BCUT2D eigenvalue weighted by Gasteiger charge is -2.32. The van der Waals surface area contributed by atoms with Crippen molar-refractivity contribution in [3.63, 3.8) is 0 Å². The molecule has 5 N–H and O–H groups in total. The van der Waals surface area contributed by atoms with Crippen LogP contribution < -0.4 is 11.1 Å². The molecule has 1 unspecified atom stereocenters. The third-order valence-electron chi connectivity index (χ3n) is 8.92. The van der Waals surface area contributed by atoms with E-state index >= 15 is 0 Å². The number of benzene rings is 1. The van der Waals surface area contributed by atoms with Crippen LogP contribution in [0.3, 0.4) is 0 Å².